The fourth-order valence-electron chi connectivity index (χ4n) is 4.67. The molecule has 0 amide bonds. The zero-order chi connectivity index (χ0) is 20.6. The number of allylic oxidation sites excluding steroid dienone is 4. The highest BCUT2D eigenvalue weighted by Crippen LogP contribution is 2.45. The van der Waals surface area contributed by atoms with Crippen molar-refractivity contribution in [3.63, 3.8) is 0 Å². The van der Waals surface area contributed by atoms with Gasteiger partial charge in [-0.2, -0.15) is 20.4 Å². The first-order valence-corrected chi connectivity index (χ1v) is 10.3. The van der Waals surface area contributed by atoms with E-state index in [4.69, 9.17) is 15.0 Å². The smallest absolute Gasteiger partial charge is 0.178 e. The van der Waals surface area contributed by atoms with Gasteiger partial charge in [-0.05, 0) is 67.3 Å². The van der Waals surface area contributed by atoms with E-state index >= 15 is 0 Å². The molecule has 3 aliphatic heterocycles. The van der Waals surface area contributed by atoms with Crippen LogP contribution in [0.2, 0.25) is 0 Å². The molecule has 0 N–H and O–H groups in total. The highest BCUT2D eigenvalue weighted by atomic mass is 16.7. The van der Waals surface area contributed by atoms with Gasteiger partial charge in [0.15, 0.2) is 12.4 Å². The predicted molar refractivity (Wildman–Crippen MR) is 118 cm³/mol. The van der Waals surface area contributed by atoms with E-state index in [1.807, 2.05) is 39.7 Å². The maximum Gasteiger partial charge on any atom is 0.178 e. The number of hydrazone groups is 2. The minimum Gasteiger partial charge on any atom is -0.381 e. The van der Waals surface area contributed by atoms with E-state index in [-0.39, 0.29) is 12.1 Å². The van der Waals surface area contributed by atoms with Gasteiger partial charge in [0.1, 0.15) is 17.8 Å². The first-order valence-electron chi connectivity index (χ1n) is 10.3. The third-order valence-corrected chi connectivity index (χ3v) is 6.65. The Hall–Kier alpha value is -3.32. The lowest BCUT2D eigenvalue weighted by Gasteiger charge is -2.42. The van der Waals surface area contributed by atoms with Crippen LogP contribution in [0.3, 0.4) is 0 Å². The molecule has 2 aliphatic carbocycles. The van der Waals surface area contributed by atoms with Gasteiger partial charge in [0, 0.05) is 0 Å². The molecule has 7 heteroatoms. The van der Waals surface area contributed by atoms with E-state index in [2.05, 4.69) is 57.0 Å². The third kappa shape index (κ3) is 2.24. The normalized spacial score (nSPS) is 25.7. The summed E-state index contributed by atoms with van der Waals surface area (Å²) in [6, 6.07) is -0.00512. The second-order valence-corrected chi connectivity index (χ2v) is 8.23. The van der Waals surface area contributed by atoms with Crippen LogP contribution in [-0.2, 0) is 0 Å². The summed E-state index contributed by atoms with van der Waals surface area (Å²) in [5, 5.41) is 17.8. The second-order valence-electron chi connectivity index (χ2n) is 8.23. The molecule has 0 aromatic heterocycles. The van der Waals surface area contributed by atoms with Crippen LogP contribution >= 0.6 is 0 Å². The van der Waals surface area contributed by atoms with Gasteiger partial charge in [-0.25, -0.2) is 0 Å². The number of nitrogens with zero attached hydrogens (tertiary/aromatic N) is 6. The Morgan fingerprint density at radius 2 is 1.40 bits per heavy atom. The standard InChI is InChI=1S/C23H24N6O/c1-14-15(2)17(4)23-22(16(14)3)28-20-11-7-5-9-18(20)24-26(28)13-27-25-19-10-6-8-12-21(19)29(27)30-23/h5-12,20-21H,13H2,1-4H3. The molecule has 0 saturated heterocycles. The van der Waals surface area contributed by atoms with Crippen LogP contribution in [0.4, 0.5) is 5.69 Å². The van der Waals surface area contributed by atoms with E-state index in [9.17, 15) is 0 Å². The van der Waals surface area contributed by atoms with Crippen molar-refractivity contribution in [1.29, 1.82) is 0 Å². The first-order chi connectivity index (χ1) is 14.5. The molecule has 2 unspecified atom stereocenters. The summed E-state index contributed by atoms with van der Waals surface area (Å²) in [6.07, 6.45) is 16.6. The summed E-state index contributed by atoms with van der Waals surface area (Å²) in [7, 11) is 0. The number of hydrogen-bond acceptors (Lipinski definition) is 7. The summed E-state index contributed by atoms with van der Waals surface area (Å²) < 4.78 is 0. The summed E-state index contributed by atoms with van der Waals surface area (Å²) in [6.45, 7) is 9.14. The van der Waals surface area contributed by atoms with Gasteiger partial charge in [0.05, 0.1) is 11.4 Å². The van der Waals surface area contributed by atoms with Crippen molar-refractivity contribution >= 4 is 17.1 Å². The molecular formula is C23H24N6O. The molecule has 6 rings (SSSR count). The highest BCUT2D eigenvalue weighted by Gasteiger charge is 2.44. The third-order valence-electron chi connectivity index (χ3n) is 6.65. The van der Waals surface area contributed by atoms with Crippen LogP contribution in [0.5, 0.6) is 5.75 Å². The minimum atomic E-state index is -0.0481. The Labute approximate surface area is 176 Å². The molecule has 152 valence electrons. The number of hydrazine groups is 2. The minimum absolute atomic E-state index is 0.0430. The Morgan fingerprint density at radius 3 is 2.17 bits per heavy atom. The van der Waals surface area contributed by atoms with Gasteiger partial charge in [-0.1, -0.05) is 36.5 Å². The van der Waals surface area contributed by atoms with Crippen molar-refractivity contribution in [2.24, 2.45) is 10.2 Å². The molecule has 3 heterocycles. The number of fused-ring (bicyclic) bond motifs is 8. The van der Waals surface area contributed by atoms with Crippen LogP contribution in [0.1, 0.15) is 22.3 Å². The molecule has 0 bridgehead atoms. The lowest BCUT2D eigenvalue weighted by molar-refractivity contribution is -0.231. The fraction of sp³-hybridized carbons (Fsp3) is 0.304. The highest BCUT2D eigenvalue weighted by molar-refractivity contribution is 6.05. The molecule has 0 spiro atoms. The van der Waals surface area contributed by atoms with Gasteiger partial charge in [0.2, 0.25) is 0 Å². The summed E-state index contributed by atoms with van der Waals surface area (Å²) >= 11 is 0. The summed E-state index contributed by atoms with van der Waals surface area (Å²) in [5.74, 6) is 0.865. The zero-order valence-electron chi connectivity index (χ0n) is 17.6. The molecule has 1 aromatic carbocycles. The lowest BCUT2D eigenvalue weighted by Crippen LogP contribution is -2.54. The monoisotopic (exact) mass is 400 g/mol. The van der Waals surface area contributed by atoms with Gasteiger partial charge < -0.3 is 4.84 Å². The largest absolute Gasteiger partial charge is 0.381 e. The molecule has 0 radical (unpaired) electrons. The van der Waals surface area contributed by atoms with E-state index in [0.717, 1.165) is 28.4 Å². The molecule has 7 nitrogen and oxygen atoms in total. The zero-order valence-corrected chi connectivity index (χ0v) is 17.6. The maximum atomic E-state index is 6.66. The summed E-state index contributed by atoms with van der Waals surface area (Å²) in [4.78, 5) is 6.66. The average molecular weight is 400 g/mol. The Kier molecular flexibility index (Phi) is 3.56. The van der Waals surface area contributed by atoms with E-state index in [0.29, 0.717) is 6.67 Å². The van der Waals surface area contributed by atoms with E-state index < -0.39 is 0 Å². The average Bonchev–Trinajstić information content (AvgIpc) is 3.27. The van der Waals surface area contributed by atoms with E-state index in [1.165, 1.54) is 16.7 Å². The van der Waals surface area contributed by atoms with Crippen molar-refractivity contribution in [2.75, 3.05) is 11.7 Å². The van der Waals surface area contributed by atoms with Crippen LogP contribution in [0.25, 0.3) is 0 Å². The van der Waals surface area contributed by atoms with Crippen LogP contribution in [0, 0.1) is 27.7 Å². The van der Waals surface area contributed by atoms with Crippen molar-refractivity contribution < 1.29 is 4.84 Å². The quantitative estimate of drug-likeness (QED) is 0.668. The molecule has 1 aromatic rings. The molecule has 0 saturated carbocycles. The number of hydrogen-bond donors (Lipinski definition) is 0. The number of hydroxylamine groups is 1. The molecule has 30 heavy (non-hydrogen) atoms. The topological polar surface area (TPSA) is 46.9 Å². The first kappa shape index (κ1) is 17.5. The number of rotatable bonds is 0. The molecule has 5 aliphatic rings. The van der Waals surface area contributed by atoms with Crippen LogP contribution < -0.4 is 9.85 Å². The molecule has 0 fully saturated rings. The number of anilines is 1. The Bertz CT molecular complexity index is 1140. The van der Waals surface area contributed by atoms with Crippen molar-refractivity contribution in [3.05, 3.63) is 70.9 Å². The molecule has 2 atom stereocenters. The molecular weight excluding hydrogens is 376 g/mol. The van der Waals surface area contributed by atoms with Gasteiger partial charge in [-0.15, -0.1) is 0 Å². The van der Waals surface area contributed by atoms with Crippen LogP contribution in [0.15, 0.2) is 58.8 Å². The Morgan fingerprint density at radius 1 is 0.767 bits per heavy atom. The second kappa shape index (κ2) is 6.09. The van der Waals surface area contributed by atoms with Gasteiger partial charge >= 0.3 is 0 Å². The van der Waals surface area contributed by atoms with E-state index in [1.54, 1.807) is 0 Å². The van der Waals surface area contributed by atoms with Crippen LogP contribution in [-0.4, -0.2) is 45.6 Å². The predicted octanol–water partition coefficient (Wildman–Crippen LogP) is 3.46. The SMILES string of the molecule is Cc1c(C)c(C)c2c(c1C)ON1C3C=CC=CC3=NN1CN1N=C3C=CC=CC3N21. The van der Waals surface area contributed by atoms with Gasteiger partial charge in [-0.3, -0.25) is 5.01 Å². The Balaban J connectivity index is 1.58. The maximum absolute atomic E-state index is 6.66. The van der Waals surface area contributed by atoms with Crippen molar-refractivity contribution in [2.45, 2.75) is 39.8 Å². The lowest BCUT2D eigenvalue weighted by atomic mass is 9.95. The van der Waals surface area contributed by atoms with Crippen molar-refractivity contribution in [3.8, 4) is 5.75 Å². The van der Waals surface area contributed by atoms with Gasteiger partial charge in [0.25, 0.3) is 0 Å². The summed E-state index contributed by atoms with van der Waals surface area (Å²) in [5.41, 5.74) is 7.96. The number of benzene rings is 1. The van der Waals surface area contributed by atoms with Crippen molar-refractivity contribution in [1.82, 2.24) is 15.4 Å². The fourth-order valence-corrected chi connectivity index (χ4v) is 4.67.